The van der Waals surface area contributed by atoms with Crippen LogP contribution in [-0.2, 0) is 9.53 Å². The van der Waals surface area contributed by atoms with Crippen LogP contribution < -0.4 is 5.32 Å². The predicted molar refractivity (Wildman–Crippen MR) is 74.7 cm³/mol. The highest BCUT2D eigenvalue weighted by atomic mass is 127. The number of halogens is 1. The molecular weight excluding hydrogens is 349 g/mol. The van der Waals surface area contributed by atoms with Gasteiger partial charge in [-0.25, -0.2) is 4.79 Å². The van der Waals surface area contributed by atoms with Crippen LogP contribution in [0.3, 0.4) is 0 Å². The molecule has 5 nitrogen and oxygen atoms in total. The van der Waals surface area contributed by atoms with Gasteiger partial charge >= 0.3 is 5.97 Å². The van der Waals surface area contributed by atoms with Gasteiger partial charge in [0.25, 0.3) is 5.91 Å². The maximum Gasteiger partial charge on any atom is 0.328 e. The minimum absolute atomic E-state index is 0.0660. The summed E-state index contributed by atoms with van der Waals surface area (Å²) in [6, 6.07) is 4.39. The first-order valence-corrected chi connectivity index (χ1v) is 6.32. The molecule has 1 rings (SSSR count). The Morgan fingerprint density at radius 2 is 2.17 bits per heavy atom. The Kier molecular flexibility index (Phi) is 5.54. The Labute approximate surface area is 119 Å². The molecule has 6 heteroatoms. The Bertz CT molecular complexity index is 461. The zero-order valence-corrected chi connectivity index (χ0v) is 12.2. The van der Waals surface area contributed by atoms with Crippen LogP contribution in [0.4, 0.5) is 0 Å². The number of aryl methyl sites for hydroxylation is 1. The summed E-state index contributed by atoms with van der Waals surface area (Å²) in [5.41, 5.74) is 1.41. The van der Waals surface area contributed by atoms with E-state index >= 15 is 0 Å². The summed E-state index contributed by atoms with van der Waals surface area (Å²) in [5, 5.41) is 11.4. The number of carbonyl (C=O) groups is 2. The molecule has 18 heavy (non-hydrogen) atoms. The maximum atomic E-state index is 12.0. The van der Waals surface area contributed by atoms with Crippen molar-refractivity contribution in [1.29, 1.82) is 0 Å². The van der Waals surface area contributed by atoms with E-state index in [0.717, 1.165) is 9.13 Å². The van der Waals surface area contributed by atoms with Crippen LogP contribution in [0.5, 0.6) is 0 Å². The predicted octanol–water partition coefficient (Wildman–Crippen LogP) is 1.43. The van der Waals surface area contributed by atoms with Crippen LogP contribution in [-0.4, -0.2) is 36.7 Å². The van der Waals surface area contributed by atoms with Gasteiger partial charge in [-0.05, 0) is 41.6 Å². The topological polar surface area (TPSA) is 75.6 Å². The van der Waals surface area contributed by atoms with Gasteiger partial charge < -0.3 is 15.2 Å². The van der Waals surface area contributed by atoms with Gasteiger partial charge in [-0.2, -0.15) is 0 Å². The molecule has 0 saturated heterocycles. The van der Waals surface area contributed by atoms with E-state index in [9.17, 15) is 9.59 Å². The van der Waals surface area contributed by atoms with Crippen molar-refractivity contribution in [3.8, 4) is 0 Å². The van der Waals surface area contributed by atoms with E-state index in [1.807, 2.05) is 41.6 Å². The number of methoxy groups -OCH3 is 1. The SMILES string of the molecule is COCC(NC(=O)c1cc(C)ccc1I)C(=O)O. The van der Waals surface area contributed by atoms with Gasteiger partial charge in [0.1, 0.15) is 0 Å². The smallest absolute Gasteiger partial charge is 0.328 e. The van der Waals surface area contributed by atoms with Crippen molar-refractivity contribution < 1.29 is 19.4 Å². The number of hydrogen-bond donors (Lipinski definition) is 2. The molecule has 1 unspecified atom stereocenters. The first kappa shape index (κ1) is 14.9. The second-order valence-electron chi connectivity index (χ2n) is 3.80. The van der Waals surface area contributed by atoms with Crippen molar-refractivity contribution in [2.45, 2.75) is 13.0 Å². The molecule has 0 spiro atoms. The molecule has 1 aromatic rings. The number of amides is 1. The zero-order valence-electron chi connectivity index (χ0n) is 10.1. The summed E-state index contributed by atoms with van der Waals surface area (Å²) in [7, 11) is 1.39. The van der Waals surface area contributed by atoms with E-state index in [2.05, 4.69) is 5.32 Å². The molecule has 0 saturated carbocycles. The average Bonchev–Trinajstić information content (AvgIpc) is 2.31. The molecule has 0 aliphatic rings. The van der Waals surface area contributed by atoms with Gasteiger partial charge in [-0.3, -0.25) is 4.79 Å². The summed E-state index contributed by atoms with van der Waals surface area (Å²) in [5.74, 6) is -1.53. The Morgan fingerprint density at radius 1 is 1.50 bits per heavy atom. The van der Waals surface area contributed by atoms with E-state index in [1.54, 1.807) is 6.07 Å². The quantitative estimate of drug-likeness (QED) is 0.777. The summed E-state index contributed by atoms with van der Waals surface area (Å²) in [6.45, 7) is 1.81. The Hall–Kier alpha value is -1.15. The van der Waals surface area contributed by atoms with E-state index in [1.165, 1.54) is 7.11 Å². The minimum atomic E-state index is -1.12. The third-order valence-electron chi connectivity index (χ3n) is 2.30. The van der Waals surface area contributed by atoms with Gasteiger partial charge in [0.15, 0.2) is 6.04 Å². The van der Waals surface area contributed by atoms with Crippen LogP contribution >= 0.6 is 22.6 Å². The van der Waals surface area contributed by atoms with E-state index < -0.39 is 17.9 Å². The van der Waals surface area contributed by atoms with E-state index in [0.29, 0.717) is 5.56 Å². The number of ether oxygens (including phenoxy) is 1. The first-order chi connectivity index (χ1) is 8.45. The van der Waals surface area contributed by atoms with Gasteiger partial charge in [-0.15, -0.1) is 0 Å². The van der Waals surface area contributed by atoms with Gasteiger partial charge in [-0.1, -0.05) is 11.6 Å². The van der Waals surface area contributed by atoms with Crippen molar-refractivity contribution in [3.63, 3.8) is 0 Å². The molecule has 0 aliphatic carbocycles. The largest absolute Gasteiger partial charge is 0.480 e. The molecule has 0 heterocycles. The fraction of sp³-hybridized carbons (Fsp3) is 0.333. The molecule has 1 atom stereocenters. The van der Waals surface area contributed by atoms with Crippen LogP contribution in [0.1, 0.15) is 15.9 Å². The lowest BCUT2D eigenvalue weighted by molar-refractivity contribution is -0.140. The van der Waals surface area contributed by atoms with Crippen LogP contribution in [0.2, 0.25) is 0 Å². The van der Waals surface area contributed by atoms with Crippen LogP contribution in [0, 0.1) is 10.5 Å². The number of carbonyl (C=O) groups excluding carboxylic acids is 1. The van der Waals surface area contributed by atoms with E-state index in [4.69, 9.17) is 9.84 Å². The number of carboxylic acids is 1. The minimum Gasteiger partial charge on any atom is -0.480 e. The molecule has 1 aromatic carbocycles. The summed E-state index contributed by atoms with van der Waals surface area (Å²) in [6.07, 6.45) is 0. The third-order valence-corrected chi connectivity index (χ3v) is 3.24. The molecule has 98 valence electrons. The second-order valence-corrected chi connectivity index (χ2v) is 4.97. The Morgan fingerprint density at radius 3 is 2.72 bits per heavy atom. The number of benzene rings is 1. The van der Waals surface area contributed by atoms with Crippen LogP contribution in [0.15, 0.2) is 18.2 Å². The maximum absolute atomic E-state index is 12.0. The van der Waals surface area contributed by atoms with Gasteiger partial charge in [0.2, 0.25) is 0 Å². The summed E-state index contributed by atoms with van der Waals surface area (Å²) in [4.78, 5) is 22.9. The monoisotopic (exact) mass is 363 g/mol. The number of carboxylic acid groups (broad SMARTS) is 1. The lowest BCUT2D eigenvalue weighted by Gasteiger charge is -2.14. The summed E-state index contributed by atoms with van der Waals surface area (Å²) < 4.78 is 5.53. The molecule has 1 amide bonds. The normalized spacial score (nSPS) is 11.9. The van der Waals surface area contributed by atoms with Crippen molar-refractivity contribution >= 4 is 34.5 Å². The number of rotatable bonds is 5. The van der Waals surface area contributed by atoms with Crippen molar-refractivity contribution in [3.05, 3.63) is 32.9 Å². The summed E-state index contributed by atoms with van der Waals surface area (Å²) >= 11 is 2.04. The molecule has 0 aliphatic heterocycles. The molecule has 0 radical (unpaired) electrons. The lowest BCUT2D eigenvalue weighted by Crippen LogP contribution is -2.44. The highest BCUT2D eigenvalue weighted by molar-refractivity contribution is 14.1. The Balaban J connectivity index is 2.86. The second kappa shape index (κ2) is 6.69. The zero-order chi connectivity index (χ0) is 13.7. The van der Waals surface area contributed by atoms with Crippen molar-refractivity contribution in [2.24, 2.45) is 0 Å². The van der Waals surface area contributed by atoms with Crippen molar-refractivity contribution in [2.75, 3.05) is 13.7 Å². The van der Waals surface area contributed by atoms with Crippen molar-refractivity contribution in [1.82, 2.24) is 5.32 Å². The molecule has 0 aromatic heterocycles. The fourth-order valence-electron chi connectivity index (χ4n) is 1.39. The molecular formula is C12H14INO4. The molecule has 0 bridgehead atoms. The van der Waals surface area contributed by atoms with Crippen LogP contribution in [0.25, 0.3) is 0 Å². The fourth-order valence-corrected chi connectivity index (χ4v) is 1.97. The standard InChI is InChI=1S/C12H14INO4/c1-7-3-4-9(13)8(5-7)11(15)14-10(6-18-2)12(16)17/h3-5,10H,6H2,1-2H3,(H,14,15)(H,16,17). The van der Waals surface area contributed by atoms with Gasteiger partial charge in [0, 0.05) is 10.7 Å². The molecule has 0 fully saturated rings. The average molecular weight is 363 g/mol. The lowest BCUT2D eigenvalue weighted by atomic mass is 10.1. The highest BCUT2D eigenvalue weighted by Crippen LogP contribution is 2.14. The number of hydrogen-bond acceptors (Lipinski definition) is 3. The number of aliphatic carboxylic acids is 1. The van der Waals surface area contributed by atoms with Gasteiger partial charge in [0.05, 0.1) is 12.2 Å². The van der Waals surface area contributed by atoms with E-state index in [-0.39, 0.29) is 6.61 Å². The molecule has 2 N–H and O–H groups in total. The third kappa shape index (κ3) is 3.95. The highest BCUT2D eigenvalue weighted by Gasteiger charge is 2.21. The first-order valence-electron chi connectivity index (χ1n) is 5.24. The number of nitrogens with one attached hydrogen (secondary N) is 1.